The first-order valence-electron chi connectivity index (χ1n) is 15.9. The molecular weight excluding hydrogens is 578 g/mol. The normalized spacial score (nSPS) is 16.3. The molecule has 2 aromatic rings. The van der Waals surface area contributed by atoms with E-state index in [0.717, 1.165) is 50.8 Å². The summed E-state index contributed by atoms with van der Waals surface area (Å²) >= 11 is 0. The van der Waals surface area contributed by atoms with Crippen LogP contribution in [-0.2, 0) is 14.3 Å². The molecule has 0 saturated carbocycles. The Kier molecular flexibility index (Phi) is 12.5. The maximum absolute atomic E-state index is 13.6. The van der Waals surface area contributed by atoms with Gasteiger partial charge >= 0.3 is 12.1 Å². The molecule has 4 N–H and O–H groups in total. The first-order chi connectivity index (χ1) is 21.8. The van der Waals surface area contributed by atoms with Crippen LogP contribution in [0.2, 0.25) is 0 Å². The zero-order chi connectivity index (χ0) is 32.2. The lowest BCUT2D eigenvalue weighted by Gasteiger charge is -2.36. The molecule has 0 bridgehead atoms. The first-order valence-corrected chi connectivity index (χ1v) is 15.9. The molecule has 3 heterocycles. The molecule has 3 amide bonds. The van der Waals surface area contributed by atoms with E-state index in [1.807, 2.05) is 36.4 Å². The van der Waals surface area contributed by atoms with Gasteiger partial charge in [0.2, 0.25) is 11.7 Å². The minimum absolute atomic E-state index is 0.0998. The number of nitrogens with two attached hydrogens (primary N) is 1. The van der Waals surface area contributed by atoms with Crippen LogP contribution in [0.25, 0.3) is 11.3 Å². The van der Waals surface area contributed by atoms with E-state index in [1.165, 1.54) is 0 Å². The van der Waals surface area contributed by atoms with Gasteiger partial charge in [-0.1, -0.05) is 50.1 Å². The molecule has 13 nitrogen and oxygen atoms in total. The van der Waals surface area contributed by atoms with Gasteiger partial charge in [-0.25, -0.2) is 14.8 Å². The van der Waals surface area contributed by atoms with Crippen molar-refractivity contribution in [3.63, 3.8) is 0 Å². The predicted molar refractivity (Wildman–Crippen MR) is 169 cm³/mol. The number of carbonyl (C=O) groups excluding carboxylic acids is 3. The molecular formula is C32H45N7O6. The van der Waals surface area contributed by atoms with E-state index in [1.54, 1.807) is 9.80 Å². The Morgan fingerprint density at radius 3 is 2.33 bits per heavy atom. The number of ether oxygens (including phenoxy) is 1. The molecule has 13 heteroatoms. The Balaban J connectivity index is 1.48. The van der Waals surface area contributed by atoms with Crippen molar-refractivity contribution in [2.75, 3.05) is 57.3 Å². The molecule has 4 rings (SSSR count). The number of hydrogen-bond donors (Lipinski definition) is 3. The zero-order valence-corrected chi connectivity index (χ0v) is 26.0. The summed E-state index contributed by atoms with van der Waals surface area (Å²) in [4.78, 5) is 65.4. The standard InChI is InChI=1S/C32H45N7O6/c1-2-3-7-20-45-32(44)39-18-16-38(17-19-39)31(43)25(10-11-28(40)41)35-30(42)29-34-26(24-8-5-4-6-9-24)21-27(36-29)37-14-12-23(22-33)13-15-37/h4-6,8-9,21,23,25H,2-3,7,10-20,22,33H2,1H3,(H,35,42)(H,40,41)/t25-/m0/s1. The monoisotopic (exact) mass is 623 g/mol. The Bertz CT molecular complexity index is 1290. The number of benzene rings is 1. The number of piperazine rings is 1. The van der Waals surface area contributed by atoms with Gasteiger partial charge in [0.05, 0.1) is 12.3 Å². The number of piperidine rings is 1. The van der Waals surface area contributed by atoms with Crippen molar-refractivity contribution in [3.8, 4) is 11.3 Å². The highest BCUT2D eigenvalue weighted by molar-refractivity contribution is 5.95. The number of nitrogens with one attached hydrogen (secondary N) is 1. The third-order valence-corrected chi connectivity index (χ3v) is 8.33. The number of carbonyl (C=O) groups is 4. The summed E-state index contributed by atoms with van der Waals surface area (Å²) in [7, 11) is 0. The average Bonchev–Trinajstić information content (AvgIpc) is 3.08. The van der Waals surface area contributed by atoms with Gasteiger partial charge in [0, 0.05) is 57.3 Å². The first kappa shape index (κ1) is 33.6. The topological polar surface area (TPSA) is 171 Å². The highest BCUT2D eigenvalue weighted by atomic mass is 16.6. The molecule has 2 saturated heterocycles. The minimum atomic E-state index is -1.10. The van der Waals surface area contributed by atoms with Crippen molar-refractivity contribution in [2.45, 2.75) is 57.9 Å². The van der Waals surface area contributed by atoms with Gasteiger partial charge in [0.25, 0.3) is 5.91 Å². The molecule has 0 radical (unpaired) electrons. The molecule has 2 aliphatic rings. The van der Waals surface area contributed by atoms with E-state index in [9.17, 15) is 24.3 Å². The number of aliphatic carboxylic acids is 1. The summed E-state index contributed by atoms with van der Waals surface area (Å²) in [6, 6.07) is 10.2. The predicted octanol–water partition coefficient (Wildman–Crippen LogP) is 2.75. The van der Waals surface area contributed by atoms with E-state index in [2.05, 4.69) is 27.1 Å². The second-order valence-corrected chi connectivity index (χ2v) is 11.6. The van der Waals surface area contributed by atoms with Crippen molar-refractivity contribution in [1.29, 1.82) is 0 Å². The fourth-order valence-corrected chi connectivity index (χ4v) is 5.53. The molecule has 45 heavy (non-hydrogen) atoms. The number of carboxylic acids is 1. The Hall–Kier alpha value is -4.26. The number of aromatic nitrogens is 2. The quantitative estimate of drug-likeness (QED) is 0.282. The van der Waals surface area contributed by atoms with Crippen LogP contribution >= 0.6 is 0 Å². The van der Waals surface area contributed by atoms with E-state index in [-0.39, 0.29) is 44.8 Å². The summed E-state index contributed by atoms with van der Waals surface area (Å²) in [6.45, 7) is 5.59. The van der Waals surface area contributed by atoms with Gasteiger partial charge in [0.1, 0.15) is 11.9 Å². The maximum atomic E-state index is 13.6. The Morgan fingerprint density at radius 2 is 1.69 bits per heavy atom. The van der Waals surface area contributed by atoms with Gasteiger partial charge in [-0.05, 0) is 38.1 Å². The van der Waals surface area contributed by atoms with Gasteiger partial charge in [-0.15, -0.1) is 0 Å². The minimum Gasteiger partial charge on any atom is -0.481 e. The van der Waals surface area contributed by atoms with Crippen LogP contribution in [0.5, 0.6) is 0 Å². The molecule has 1 aromatic heterocycles. The van der Waals surface area contributed by atoms with E-state index in [4.69, 9.17) is 10.5 Å². The fourth-order valence-electron chi connectivity index (χ4n) is 5.53. The van der Waals surface area contributed by atoms with Gasteiger partial charge in [-0.3, -0.25) is 14.4 Å². The number of hydrogen-bond acceptors (Lipinski definition) is 9. The van der Waals surface area contributed by atoms with E-state index < -0.39 is 29.9 Å². The number of unbranched alkanes of at least 4 members (excludes halogenated alkanes) is 2. The van der Waals surface area contributed by atoms with Crippen LogP contribution in [0.15, 0.2) is 36.4 Å². The number of amides is 3. The van der Waals surface area contributed by atoms with Crippen molar-refractivity contribution >= 4 is 29.7 Å². The van der Waals surface area contributed by atoms with Crippen molar-refractivity contribution in [1.82, 2.24) is 25.1 Å². The van der Waals surface area contributed by atoms with Crippen LogP contribution in [-0.4, -0.2) is 107 Å². The smallest absolute Gasteiger partial charge is 0.409 e. The molecule has 0 unspecified atom stereocenters. The molecule has 0 aliphatic carbocycles. The van der Waals surface area contributed by atoms with Gasteiger partial charge < -0.3 is 35.6 Å². The second-order valence-electron chi connectivity index (χ2n) is 11.6. The van der Waals surface area contributed by atoms with Crippen LogP contribution < -0.4 is 16.0 Å². The third kappa shape index (κ3) is 9.61. The van der Waals surface area contributed by atoms with Gasteiger partial charge in [0.15, 0.2) is 0 Å². The fraction of sp³-hybridized carbons (Fsp3) is 0.562. The van der Waals surface area contributed by atoms with E-state index >= 15 is 0 Å². The maximum Gasteiger partial charge on any atom is 0.409 e. The molecule has 1 atom stereocenters. The van der Waals surface area contributed by atoms with Crippen LogP contribution in [0, 0.1) is 5.92 Å². The van der Waals surface area contributed by atoms with Crippen molar-refractivity contribution < 1.29 is 29.0 Å². The van der Waals surface area contributed by atoms with Gasteiger partial charge in [-0.2, -0.15) is 0 Å². The van der Waals surface area contributed by atoms with Crippen LogP contribution in [0.1, 0.15) is 62.5 Å². The van der Waals surface area contributed by atoms with Crippen LogP contribution in [0.3, 0.4) is 0 Å². The molecule has 2 fully saturated rings. The number of carboxylic acid groups (broad SMARTS) is 1. The summed E-state index contributed by atoms with van der Waals surface area (Å²) in [5.41, 5.74) is 7.26. The molecule has 2 aliphatic heterocycles. The van der Waals surface area contributed by atoms with E-state index in [0.29, 0.717) is 30.6 Å². The summed E-state index contributed by atoms with van der Waals surface area (Å²) in [5.74, 6) is -1.21. The summed E-state index contributed by atoms with van der Waals surface area (Å²) in [6.07, 6.45) is 3.82. The van der Waals surface area contributed by atoms with Crippen molar-refractivity contribution in [2.24, 2.45) is 11.7 Å². The Labute approximate surface area is 264 Å². The number of anilines is 1. The largest absolute Gasteiger partial charge is 0.481 e. The van der Waals surface area contributed by atoms with Crippen LogP contribution in [0.4, 0.5) is 10.6 Å². The number of rotatable bonds is 13. The summed E-state index contributed by atoms with van der Waals surface area (Å²) in [5, 5.41) is 12.1. The molecule has 0 spiro atoms. The SMILES string of the molecule is CCCCCOC(=O)N1CCN(C(=O)[C@H](CCC(=O)O)NC(=O)c2nc(-c3ccccc3)cc(N3CCC(CN)CC3)n2)CC1. The lowest BCUT2D eigenvalue weighted by atomic mass is 9.97. The zero-order valence-electron chi connectivity index (χ0n) is 26.0. The molecule has 244 valence electrons. The third-order valence-electron chi connectivity index (χ3n) is 8.33. The second kappa shape index (κ2) is 16.7. The number of nitrogens with zero attached hydrogens (tertiary/aromatic N) is 5. The lowest BCUT2D eigenvalue weighted by Crippen LogP contribution is -2.56. The summed E-state index contributed by atoms with van der Waals surface area (Å²) < 4.78 is 5.34. The molecule has 1 aromatic carbocycles. The lowest BCUT2D eigenvalue weighted by molar-refractivity contribution is -0.138. The Morgan fingerprint density at radius 1 is 1.00 bits per heavy atom. The van der Waals surface area contributed by atoms with Crippen molar-refractivity contribution in [3.05, 3.63) is 42.2 Å². The highest BCUT2D eigenvalue weighted by Gasteiger charge is 2.32. The highest BCUT2D eigenvalue weighted by Crippen LogP contribution is 2.26. The average molecular weight is 624 g/mol.